The summed E-state index contributed by atoms with van der Waals surface area (Å²) in [7, 11) is 1.75. The van der Waals surface area contributed by atoms with Crippen LogP contribution < -0.4 is 0 Å². The van der Waals surface area contributed by atoms with Crippen molar-refractivity contribution in [3.8, 4) is 0 Å². The maximum absolute atomic E-state index is 13.4. The first-order chi connectivity index (χ1) is 15.2. The first kappa shape index (κ1) is 22.0. The van der Waals surface area contributed by atoms with Crippen molar-refractivity contribution in [3.05, 3.63) is 47.0 Å². The molecular weight excluding hydrogens is 390 g/mol. The number of methoxy groups -OCH3 is 1. The van der Waals surface area contributed by atoms with Crippen molar-refractivity contribution in [1.29, 1.82) is 0 Å². The fourth-order valence-electron chi connectivity index (χ4n) is 4.82. The number of carbonyl (C=O) groups is 1. The molecule has 1 unspecified atom stereocenters. The van der Waals surface area contributed by atoms with E-state index in [1.54, 1.807) is 7.11 Å². The van der Waals surface area contributed by atoms with Gasteiger partial charge in [-0.3, -0.25) is 19.4 Å². The van der Waals surface area contributed by atoms with E-state index in [2.05, 4.69) is 27.6 Å². The van der Waals surface area contributed by atoms with Gasteiger partial charge in [0.05, 0.1) is 6.61 Å². The first-order valence-corrected chi connectivity index (χ1v) is 11.7. The predicted octanol–water partition coefficient (Wildman–Crippen LogP) is 2.93. The van der Waals surface area contributed by atoms with E-state index in [0.29, 0.717) is 18.3 Å². The van der Waals surface area contributed by atoms with Gasteiger partial charge in [-0.05, 0) is 50.7 Å². The van der Waals surface area contributed by atoms with Gasteiger partial charge in [-0.1, -0.05) is 6.07 Å². The van der Waals surface area contributed by atoms with Crippen LogP contribution in [-0.2, 0) is 30.7 Å². The quantitative estimate of drug-likeness (QED) is 0.651. The summed E-state index contributed by atoms with van der Waals surface area (Å²) in [5.41, 5.74) is 4.29. The molecule has 31 heavy (non-hydrogen) atoms. The molecule has 7 nitrogen and oxygen atoms in total. The van der Waals surface area contributed by atoms with Crippen molar-refractivity contribution in [1.82, 2.24) is 24.6 Å². The Morgan fingerprint density at radius 1 is 1.23 bits per heavy atom. The number of aryl methyl sites for hydroxylation is 2. The Morgan fingerprint density at radius 3 is 2.81 bits per heavy atom. The zero-order valence-electron chi connectivity index (χ0n) is 18.9. The second-order valence-electron chi connectivity index (χ2n) is 8.84. The topological polar surface area (TPSA) is 63.5 Å². The summed E-state index contributed by atoms with van der Waals surface area (Å²) in [4.78, 5) is 22.0. The fraction of sp³-hybridized carbons (Fsp3) is 0.625. The number of amides is 1. The third kappa shape index (κ3) is 5.15. The summed E-state index contributed by atoms with van der Waals surface area (Å²) in [6.45, 7) is 7.18. The number of aromatic nitrogens is 3. The standard InChI is InChI=1S/C24H35N5O2/c1-19(18-31-2)28-15-10-22-21(17-28)23(24(30)27-12-4-3-5-13-27)26-29(22)14-7-9-20-8-6-11-25-16-20/h6,8,11,16,19H,3-5,7,9-10,12-15,17-18H2,1-2H3. The molecule has 0 N–H and O–H groups in total. The smallest absolute Gasteiger partial charge is 0.274 e. The molecule has 2 aromatic heterocycles. The van der Waals surface area contributed by atoms with Crippen molar-refractivity contribution < 1.29 is 9.53 Å². The maximum atomic E-state index is 13.4. The molecule has 168 valence electrons. The number of hydrogen-bond donors (Lipinski definition) is 0. The second kappa shape index (κ2) is 10.4. The highest BCUT2D eigenvalue weighted by molar-refractivity contribution is 5.94. The monoisotopic (exact) mass is 425 g/mol. The highest BCUT2D eigenvalue weighted by Gasteiger charge is 2.32. The van der Waals surface area contributed by atoms with Crippen molar-refractivity contribution in [2.24, 2.45) is 0 Å². The number of likely N-dealkylation sites (tertiary alicyclic amines) is 1. The normalized spacial score (nSPS) is 18.1. The van der Waals surface area contributed by atoms with Crippen LogP contribution in [0.2, 0.25) is 0 Å². The predicted molar refractivity (Wildman–Crippen MR) is 120 cm³/mol. The van der Waals surface area contributed by atoms with Gasteiger partial charge in [-0.25, -0.2) is 0 Å². The van der Waals surface area contributed by atoms with E-state index in [1.807, 2.05) is 23.4 Å². The number of hydrogen-bond acceptors (Lipinski definition) is 5. The summed E-state index contributed by atoms with van der Waals surface area (Å²) in [5, 5.41) is 4.89. The minimum atomic E-state index is 0.114. The zero-order valence-corrected chi connectivity index (χ0v) is 18.9. The van der Waals surface area contributed by atoms with Crippen molar-refractivity contribution in [2.75, 3.05) is 33.4 Å². The number of rotatable bonds is 8. The van der Waals surface area contributed by atoms with Crippen LogP contribution >= 0.6 is 0 Å². The summed E-state index contributed by atoms with van der Waals surface area (Å²) >= 11 is 0. The number of carbonyl (C=O) groups excluding carboxylic acids is 1. The minimum absolute atomic E-state index is 0.114. The molecular formula is C24H35N5O2. The van der Waals surface area contributed by atoms with Crippen LogP contribution in [0.3, 0.4) is 0 Å². The Labute approximate surface area is 185 Å². The highest BCUT2D eigenvalue weighted by Crippen LogP contribution is 2.26. The van der Waals surface area contributed by atoms with E-state index < -0.39 is 0 Å². The lowest BCUT2D eigenvalue weighted by Crippen LogP contribution is -2.41. The van der Waals surface area contributed by atoms with Crippen LogP contribution in [0.25, 0.3) is 0 Å². The number of nitrogens with zero attached hydrogens (tertiary/aromatic N) is 5. The minimum Gasteiger partial charge on any atom is -0.383 e. The molecule has 4 rings (SSSR count). The molecule has 2 aromatic rings. The lowest BCUT2D eigenvalue weighted by molar-refractivity contribution is 0.0709. The first-order valence-electron chi connectivity index (χ1n) is 11.7. The van der Waals surface area contributed by atoms with Crippen LogP contribution in [0.5, 0.6) is 0 Å². The molecule has 0 bridgehead atoms. The molecule has 4 heterocycles. The Bertz CT molecular complexity index is 860. The third-order valence-corrected chi connectivity index (χ3v) is 6.60. The second-order valence-corrected chi connectivity index (χ2v) is 8.84. The fourth-order valence-corrected chi connectivity index (χ4v) is 4.82. The van der Waals surface area contributed by atoms with E-state index in [1.165, 1.54) is 17.7 Å². The molecule has 2 aliphatic heterocycles. The van der Waals surface area contributed by atoms with E-state index in [-0.39, 0.29) is 5.91 Å². The summed E-state index contributed by atoms with van der Waals surface area (Å²) in [6, 6.07) is 4.42. The molecule has 0 radical (unpaired) electrons. The van der Waals surface area contributed by atoms with Crippen LogP contribution in [0, 0.1) is 0 Å². The Hall–Kier alpha value is -2.25. The van der Waals surface area contributed by atoms with Crippen LogP contribution in [0.4, 0.5) is 0 Å². The average Bonchev–Trinajstić information content (AvgIpc) is 3.18. The Kier molecular flexibility index (Phi) is 7.35. The molecule has 1 amide bonds. The van der Waals surface area contributed by atoms with Crippen LogP contribution in [-0.4, -0.2) is 69.9 Å². The van der Waals surface area contributed by atoms with Gasteiger partial charge >= 0.3 is 0 Å². The van der Waals surface area contributed by atoms with Gasteiger partial charge in [0.1, 0.15) is 0 Å². The summed E-state index contributed by atoms with van der Waals surface area (Å²) < 4.78 is 7.49. The van der Waals surface area contributed by atoms with Gasteiger partial charge in [0.2, 0.25) is 0 Å². The molecule has 1 atom stereocenters. The Morgan fingerprint density at radius 2 is 2.06 bits per heavy atom. The molecule has 0 spiro atoms. The lowest BCUT2D eigenvalue weighted by Gasteiger charge is -2.33. The zero-order chi connectivity index (χ0) is 21.6. The van der Waals surface area contributed by atoms with Gasteiger partial charge in [0, 0.05) is 75.9 Å². The van der Waals surface area contributed by atoms with E-state index in [4.69, 9.17) is 9.84 Å². The number of piperidine rings is 1. The number of fused-ring (bicyclic) bond motifs is 1. The van der Waals surface area contributed by atoms with Crippen LogP contribution in [0.1, 0.15) is 59.9 Å². The SMILES string of the molecule is COCC(C)N1CCc2c(c(C(=O)N3CCCCC3)nn2CCCc2cccnc2)C1. The molecule has 1 saturated heterocycles. The van der Waals surface area contributed by atoms with Crippen LogP contribution in [0.15, 0.2) is 24.5 Å². The largest absolute Gasteiger partial charge is 0.383 e. The highest BCUT2D eigenvalue weighted by atomic mass is 16.5. The Balaban J connectivity index is 1.54. The van der Waals surface area contributed by atoms with Gasteiger partial charge in [0.15, 0.2) is 5.69 Å². The lowest BCUT2D eigenvalue weighted by atomic mass is 10.0. The summed E-state index contributed by atoms with van der Waals surface area (Å²) in [6.07, 6.45) is 10.0. The number of ether oxygens (including phenoxy) is 1. The molecule has 2 aliphatic rings. The van der Waals surface area contributed by atoms with E-state index in [0.717, 1.165) is 70.4 Å². The van der Waals surface area contributed by atoms with Gasteiger partial charge in [-0.2, -0.15) is 5.10 Å². The molecule has 0 saturated carbocycles. The third-order valence-electron chi connectivity index (χ3n) is 6.60. The molecule has 0 aliphatic carbocycles. The van der Waals surface area contributed by atoms with Gasteiger partial charge < -0.3 is 9.64 Å². The van der Waals surface area contributed by atoms with Crippen molar-refractivity contribution in [3.63, 3.8) is 0 Å². The molecule has 0 aromatic carbocycles. The van der Waals surface area contributed by atoms with Gasteiger partial charge in [0.25, 0.3) is 5.91 Å². The maximum Gasteiger partial charge on any atom is 0.274 e. The molecule has 1 fully saturated rings. The molecule has 7 heteroatoms. The van der Waals surface area contributed by atoms with Crippen molar-refractivity contribution >= 4 is 5.91 Å². The van der Waals surface area contributed by atoms with Gasteiger partial charge in [-0.15, -0.1) is 0 Å². The number of pyridine rings is 1. The van der Waals surface area contributed by atoms with E-state index >= 15 is 0 Å². The van der Waals surface area contributed by atoms with Crippen molar-refractivity contribution in [2.45, 2.75) is 64.6 Å². The van der Waals surface area contributed by atoms with E-state index in [9.17, 15) is 4.79 Å². The summed E-state index contributed by atoms with van der Waals surface area (Å²) in [5.74, 6) is 0.114. The average molecular weight is 426 g/mol.